The number of likely N-dealkylation sites (tertiary alicyclic amines) is 1. The van der Waals surface area contributed by atoms with E-state index < -0.39 is 5.97 Å². The highest BCUT2D eigenvalue weighted by Gasteiger charge is 2.53. The number of carboxylic acids is 1. The highest BCUT2D eigenvalue weighted by molar-refractivity contribution is 5.91. The summed E-state index contributed by atoms with van der Waals surface area (Å²) in [4.78, 5) is 39.6. The fraction of sp³-hybridized carbons (Fsp3) is 0.571. The molecule has 2 fully saturated rings. The third-order valence-corrected chi connectivity index (χ3v) is 5.87. The molecule has 1 heterocycles. The van der Waals surface area contributed by atoms with Crippen molar-refractivity contribution in [2.24, 2.45) is 0 Å². The van der Waals surface area contributed by atoms with Gasteiger partial charge in [0.15, 0.2) is 0 Å². The van der Waals surface area contributed by atoms with E-state index in [4.69, 9.17) is 5.11 Å². The zero-order chi connectivity index (χ0) is 19.6. The molecule has 0 spiro atoms. The van der Waals surface area contributed by atoms with E-state index in [2.05, 4.69) is 6.07 Å². The number of benzene rings is 1. The number of hydrogen-bond donors (Lipinski definition) is 1. The SMILES string of the molecule is CC(=O)N(CC(=O)O)C1CCCN(C(=O)C2(c3cccc(C)c3)CC2)CC1. The van der Waals surface area contributed by atoms with Crippen molar-refractivity contribution >= 4 is 17.8 Å². The summed E-state index contributed by atoms with van der Waals surface area (Å²) in [7, 11) is 0. The van der Waals surface area contributed by atoms with Crippen LogP contribution in [-0.4, -0.2) is 58.4 Å². The number of carboxylic acid groups (broad SMARTS) is 1. The van der Waals surface area contributed by atoms with Crippen molar-refractivity contribution in [3.8, 4) is 0 Å². The van der Waals surface area contributed by atoms with Gasteiger partial charge in [-0.25, -0.2) is 0 Å². The Hall–Kier alpha value is -2.37. The maximum absolute atomic E-state index is 13.3. The van der Waals surface area contributed by atoms with E-state index in [9.17, 15) is 14.4 Å². The van der Waals surface area contributed by atoms with Crippen LogP contribution < -0.4 is 0 Å². The minimum absolute atomic E-state index is 0.120. The summed E-state index contributed by atoms with van der Waals surface area (Å²) < 4.78 is 0. The van der Waals surface area contributed by atoms with Crippen LogP contribution in [0.1, 0.15) is 50.2 Å². The summed E-state index contributed by atoms with van der Waals surface area (Å²) in [5, 5.41) is 9.08. The van der Waals surface area contributed by atoms with Gasteiger partial charge in [0.05, 0.1) is 5.41 Å². The molecule has 2 amide bonds. The van der Waals surface area contributed by atoms with Crippen LogP contribution in [-0.2, 0) is 19.8 Å². The maximum Gasteiger partial charge on any atom is 0.323 e. The normalized spacial score (nSPS) is 21.3. The predicted molar refractivity (Wildman–Crippen MR) is 101 cm³/mol. The van der Waals surface area contributed by atoms with Crippen LogP contribution in [0, 0.1) is 6.92 Å². The summed E-state index contributed by atoms with van der Waals surface area (Å²) >= 11 is 0. The van der Waals surface area contributed by atoms with E-state index in [1.54, 1.807) is 0 Å². The summed E-state index contributed by atoms with van der Waals surface area (Å²) in [6.45, 7) is 4.41. The first-order valence-corrected chi connectivity index (χ1v) is 9.69. The van der Waals surface area contributed by atoms with Gasteiger partial charge in [-0.2, -0.15) is 0 Å². The van der Waals surface area contributed by atoms with E-state index >= 15 is 0 Å². The van der Waals surface area contributed by atoms with Gasteiger partial charge < -0.3 is 14.9 Å². The fourth-order valence-corrected chi connectivity index (χ4v) is 4.23. The number of rotatable bonds is 5. The molecule has 146 valence electrons. The minimum atomic E-state index is -1.00. The molecule has 2 aliphatic rings. The molecular weight excluding hydrogens is 344 g/mol. The molecule has 0 radical (unpaired) electrons. The molecule has 1 aromatic carbocycles. The Balaban J connectivity index is 1.70. The molecule has 1 saturated carbocycles. The molecule has 1 aromatic rings. The van der Waals surface area contributed by atoms with Crippen molar-refractivity contribution in [2.45, 2.75) is 57.4 Å². The average molecular weight is 372 g/mol. The van der Waals surface area contributed by atoms with Gasteiger partial charge in [0, 0.05) is 26.1 Å². The van der Waals surface area contributed by atoms with Crippen LogP contribution in [0.5, 0.6) is 0 Å². The second kappa shape index (κ2) is 7.71. The Morgan fingerprint density at radius 3 is 2.56 bits per heavy atom. The molecule has 1 N–H and O–H groups in total. The van der Waals surface area contributed by atoms with Crippen LogP contribution in [0.25, 0.3) is 0 Å². The van der Waals surface area contributed by atoms with Gasteiger partial charge in [0.2, 0.25) is 11.8 Å². The summed E-state index contributed by atoms with van der Waals surface area (Å²) in [5.74, 6) is -1.04. The standard InChI is InChI=1S/C21H28N2O4/c1-15-5-3-6-17(13-15)21(9-10-21)20(27)22-11-4-7-18(8-12-22)23(16(2)24)14-19(25)26/h3,5-6,13,18H,4,7-12,14H2,1-2H3,(H,25,26). The number of hydrogen-bond acceptors (Lipinski definition) is 3. The highest BCUT2D eigenvalue weighted by Crippen LogP contribution is 2.50. The summed E-state index contributed by atoms with van der Waals surface area (Å²) in [6, 6.07) is 8.08. The Morgan fingerprint density at radius 2 is 1.96 bits per heavy atom. The smallest absolute Gasteiger partial charge is 0.323 e. The molecule has 6 heteroatoms. The van der Waals surface area contributed by atoms with Gasteiger partial charge in [-0.05, 0) is 44.6 Å². The average Bonchev–Trinajstić information content (AvgIpc) is 3.43. The number of carbonyl (C=O) groups excluding carboxylic acids is 2. The van der Waals surface area contributed by atoms with E-state index in [1.807, 2.05) is 30.0 Å². The Bertz CT molecular complexity index is 741. The molecule has 1 aliphatic heterocycles. The topological polar surface area (TPSA) is 77.9 Å². The number of aryl methyl sites for hydroxylation is 1. The maximum atomic E-state index is 13.3. The molecular formula is C21H28N2O4. The Kier molecular flexibility index (Phi) is 5.53. The molecule has 1 aliphatic carbocycles. The van der Waals surface area contributed by atoms with E-state index in [0.29, 0.717) is 19.5 Å². The number of nitrogens with zero attached hydrogens (tertiary/aromatic N) is 2. The molecule has 6 nitrogen and oxygen atoms in total. The Morgan fingerprint density at radius 1 is 1.22 bits per heavy atom. The van der Waals surface area contributed by atoms with E-state index in [0.717, 1.165) is 36.8 Å². The van der Waals surface area contributed by atoms with Crippen LogP contribution in [0.3, 0.4) is 0 Å². The first-order valence-electron chi connectivity index (χ1n) is 9.69. The van der Waals surface area contributed by atoms with Gasteiger partial charge in [-0.15, -0.1) is 0 Å². The molecule has 1 saturated heterocycles. The van der Waals surface area contributed by atoms with Gasteiger partial charge in [0.25, 0.3) is 0 Å². The first-order chi connectivity index (χ1) is 12.8. The monoisotopic (exact) mass is 372 g/mol. The predicted octanol–water partition coefficient (Wildman–Crippen LogP) is 2.34. The third kappa shape index (κ3) is 4.15. The Labute approximate surface area is 160 Å². The lowest BCUT2D eigenvalue weighted by molar-refractivity contribution is -0.145. The van der Waals surface area contributed by atoms with Gasteiger partial charge >= 0.3 is 5.97 Å². The van der Waals surface area contributed by atoms with Gasteiger partial charge in [0.1, 0.15) is 6.54 Å². The lowest BCUT2D eigenvalue weighted by Gasteiger charge is -2.29. The second-order valence-corrected chi connectivity index (χ2v) is 7.87. The van der Waals surface area contributed by atoms with Crippen molar-refractivity contribution in [3.63, 3.8) is 0 Å². The highest BCUT2D eigenvalue weighted by atomic mass is 16.4. The van der Waals surface area contributed by atoms with Crippen molar-refractivity contribution in [1.29, 1.82) is 0 Å². The van der Waals surface area contributed by atoms with Crippen LogP contribution in [0.15, 0.2) is 24.3 Å². The van der Waals surface area contributed by atoms with Crippen LogP contribution in [0.2, 0.25) is 0 Å². The molecule has 1 atom stereocenters. The number of aliphatic carboxylic acids is 1. The van der Waals surface area contributed by atoms with Crippen molar-refractivity contribution in [3.05, 3.63) is 35.4 Å². The van der Waals surface area contributed by atoms with Crippen LogP contribution >= 0.6 is 0 Å². The number of carbonyl (C=O) groups is 3. The zero-order valence-electron chi connectivity index (χ0n) is 16.1. The minimum Gasteiger partial charge on any atom is -0.480 e. The largest absolute Gasteiger partial charge is 0.480 e. The fourth-order valence-electron chi connectivity index (χ4n) is 4.23. The lowest BCUT2D eigenvalue weighted by atomic mass is 9.93. The lowest BCUT2D eigenvalue weighted by Crippen LogP contribution is -2.44. The van der Waals surface area contributed by atoms with Crippen molar-refractivity contribution in [2.75, 3.05) is 19.6 Å². The summed E-state index contributed by atoms with van der Waals surface area (Å²) in [5.41, 5.74) is 1.88. The van der Waals surface area contributed by atoms with Gasteiger partial charge in [-0.3, -0.25) is 14.4 Å². The molecule has 1 unspecified atom stereocenters. The molecule has 0 aromatic heterocycles. The van der Waals surface area contributed by atoms with Gasteiger partial charge in [-0.1, -0.05) is 29.8 Å². The van der Waals surface area contributed by atoms with Crippen LogP contribution in [0.4, 0.5) is 0 Å². The third-order valence-electron chi connectivity index (χ3n) is 5.87. The van der Waals surface area contributed by atoms with Crippen molar-refractivity contribution < 1.29 is 19.5 Å². The quantitative estimate of drug-likeness (QED) is 0.861. The number of amides is 2. The zero-order valence-corrected chi connectivity index (χ0v) is 16.1. The first kappa shape index (κ1) is 19.4. The van der Waals surface area contributed by atoms with E-state index in [1.165, 1.54) is 11.8 Å². The second-order valence-electron chi connectivity index (χ2n) is 7.87. The molecule has 3 rings (SSSR count). The van der Waals surface area contributed by atoms with E-state index in [-0.39, 0.29) is 29.8 Å². The molecule has 0 bridgehead atoms. The van der Waals surface area contributed by atoms with Crippen molar-refractivity contribution in [1.82, 2.24) is 9.80 Å². The molecule has 27 heavy (non-hydrogen) atoms. The summed E-state index contributed by atoms with van der Waals surface area (Å²) in [6.07, 6.45) is 3.90.